The van der Waals surface area contributed by atoms with Gasteiger partial charge in [-0.05, 0) is 6.07 Å². The van der Waals surface area contributed by atoms with Crippen LogP contribution in [0.3, 0.4) is 0 Å². The lowest BCUT2D eigenvalue weighted by Gasteiger charge is -2.07. The molecule has 0 aliphatic carbocycles. The summed E-state index contributed by atoms with van der Waals surface area (Å²) >= 11 is 0. The summed E-state index contributed by atoms with van der Waals surface area (Å²) < 4.78 is 2.77. The number of H-pyrrole nitrogens is 1. The smallest absolute Gasteiger partial charge is 0.311 e. The Morgan fingerprint density at radius 1 is 1.16 bits per heavy atom. The van der Waals surface area contributed by atoms with Gasteiger partial charge >= 0.3 is 5.69 Å². The maximum absolute atomic E-state index is 12.1. The highest BCUT2D eigenvalue weighted by Gasteiger charge is 2.04. The van der Waals surface area contributed by atoms with Crippen molar-refractivity contribution in [2.24, 2.45) is 0 Å². The Morgan fingerprint density at radius 3 is 2.63 bits per heavy atom. The number of aromatic amines is 1. The lowest BCUT2D eigenvalue weighted by atomic mass is 10.2. The summed E-state index contributed by atoms with van der Waals surface area (Å²) in [5.41, 5.74) is -0.705. The van der Waals surface area contributed by atoms with Crippen LogP contribution in [-0.2, 0) is 13.1 Å². The average Bonchev–Trinajstić information content (AvgIpc) is 2.37. The summed E-state index contributed by atoms with van der Waals surface area (Å²) in [6, 6.07) is 4.63. The normalized spacial score (nSPS) is 10.3. The van der Waals surface area contributed by atoms with Crippen LogP contribution < -0.4 is 16.8 Å². The predicted molar refractivity (Wildman–Crippen MR) is 71.3 cm³/mol. The molecule has 0 bridgehead atoms. The Balaban J connectivity index is 2.41. The fraction of sp³-hybridized carbons (Fsp3) is 0.154. The molecular formula is C13H13N3O3. The second kappa shape index (κ2) is 5.34. The van der Waals surface area contributed by atoms with Gasteiger partial charge < -0.3 is 4.57 Å². The van der Waals surface area contributed by atoms with Crippen molar-refractivity contribution in [1.82, 2.24) is 14.1 Å². The van der Waals surface area contributed by atoms with Gasteiger partial charge in [-0.1, -0.05) is 12.1 Å². The van der Waals surface area contributed by atoms with E-state index in [0.29, 0.717) is 12.1 Å². The molecule has 6 nitrogen and oxygen atoms in total. The Morgan fingerprint density at radius 2 is 1.95 bits per heavy atom. The average molecular weight is 259 g/mol. The molecule has 2 heterocycles. The number of pyridine rings is 1. The van der Waals surface area contributed by atoms with Gasteiger partial charge in [0, 0.05) is 30.6 Å². The van der Waals surface area contributed by atoms with E-state index in [-0.39, 0.29) is 12.1 Å². The van der Waals surface area contributed by atoms with E-state index in [0.717, 1.165) is 0 Å². The number of nitrogens with one attached hydrogen (secondary N) is 1. The van der Waals surface area contributed by atoms with Crippen LogP contribution in [0.15, 0.2) is 57.6 Å². The van der Waals surface area contributed by atoms with Crippen LogP contribution in [-0.4, -0.2) is 14.1 Å². The van der Waals surface area contributed by atoms with E-state index in [4.69, 9.17) is 0 Å². The summed E-state index contributed by atoms with van der Waals surface area (Å²) in [7, 11) is 0. The van der Waals surface area contributed by atoms with Crippen molar-refractivity contribution in [2.75, 3.05) is 0 Å². The van der Waals surface area contributed by atoms with Crippen molar-refractivity contribution >= 4 is 0 Å². The highest BCUT2D eigenvalue weighted by atomic mass is 16.2. The van der Waals surface area contributed by atoms with Crippen LogP contribution in [0.1, 0.15) is 5.56 Å². The third kappa shape index (κ3) is 2.79. The van der Waals surface area contributed by atoms with Crippen LogP contribution >= 0.6 is 0 Å². The molecule has 2 aromatic rings. The standard InChI is InChI=1S/C13H13N3O3/c1-2-6-15-7-3-4-10(12(15)18)9-16-8-5-11(17)14-13(16)19/h2-5,7-8H,1,6,9H2,(H,14,17,19). The second-order valence-electron chi connectivity index (χ2n) is 4.02. The first kappa shape index (κ1) is 12.8. The van der Waals surface area contributed by atoms with E-state index in [1.165, 1.54) is 21.4 Å². The summed E-state index contributed by atoms with van der Waals surface area (Å²) in [5, 5.41) is 0. The molecule has 19 heavy (non-hydrogen) atoms. The first-order chi connectivity index (χ1) is 9.11. The molecule has 0 spiro atoms. The van der Waals surface area contributed by atoms with Gasteiger partial charge in [0.1, 0.15) is 0 Å². The molecular weight excluding hydrogens is 246 g/mol. The maximum Gasteiger partial charge on any atom is 0.328 e. The molecule has 0 radical (unpaired) electrons. The first-order valence-corrected chi connectivity index (χ1v) is 5.71. The van der Waals surface area contributed by atoms with Gasteiger partial charge in [0.15, 0.2) is 0 Å². The van der Waals surface area contributed by atoms with Crippen molar-refractivity contribution < 1.29 is 0 Å². The lowest BCUT2D eigenvalue weighted by Crippen LogP contribution is -2.31. The van der Waals surface area contributed by atoms with Crippen LogP contribution in [0.5, 0.6) is 0 Å². The lowest BCUT2D eigenvalue weighted by molar-refractivity contribution is 0.691. The van der Waals surface area contributed by atoms with Gasteiger partial charge in [0.25, 0.3) is 11.1 Å². The van der Waals surface area contributed by atoms with Gasteiger partial charge in [-0.3, -0.25) is 19.1 Å². The quantitative estimate of drug-likeness (QED) is 0.781. The Labute approximate surface area is 108 Å². The third-order valence-corrected chi connectivity index (χ3v) is 2.66. The fourth-order valence-electron chi connectivity index (χ4n) is 1.74. The first-order valence-electron chi connectivity index (χ1n) is 5.71. The molecule has 0 aromatic carbocycles. The van der Waals surface area contributed by atoms with Crippen molar-refractivity contribution in [2.45, 2.75) is 13.1 Å². The predicted octanol–water partition coefficient (Wildman–Crippen LogP) is -0.0674. The van der Waals surface area contributed by atoms with Gasteiger partial charge in [0.2, 0.25) is 0 Å². The highest BCUT2D eigenvalue weighted by molar-refractivity contribution is 5.11. The molecule has 2 rings (SSSR count). The minimum Gasteiger partial charge on any atom is -0.311 e. The van der Waals surface area contributed by atoms with Crippen molar-refractivity contribution in [3.63, 3.8) is 0 Å². The number of aromatic nitrogens is 3. The molecule has 0 amide bonds. The molecule has 0 atom stereocenters. The van der Waals surface area contributed by atoms with Crippen LogP contribution in [0.4, 0.5) is 0 Å². The van der Waals surface area contributed by atoms with Crippen LogP contribution in [0, 0.1) is 0 Å². The molecule has 2 aromatic heterocycles. The second-order valence-corrected chi connectivity index (χ2v) is 4.02. The highest BCUT2D eigenvalue weighted by Crippen LogP contribution is 1.94. The Kier molecular flexibility index (Phi) is 3.61. The van der Waals surface area contributed by atoms with Crippen LogP contribution in [0.25, 0.3) is 0 Å². The third-order valence-electron chi connectivity index (χ3n) is 2.66. The van der Waals surface area contributed by atoms with Crippen LogP contribution in [0.2, 0.25) is 0 Å². The van der Waals surface area contributed by atoms with Crippen molar-refractivity contribution in [3.05, 3.63) is 80.0 Å². The van der Waals surface area contributed by atoms with Gasteiger partial charge in [-0.25, -0.2) is 4.79 Å². The monoisotopic (exact) mass is 259 g/mol. The van der Waals surface area contributed by atoms with E-state index in [1.54, 1.807) is 24.4 Å². The SMILES string of the molecule is C=CCn1cccc(Cn2ccc(=O)[nH]c2=O)c1=O. The molecule has 6 heteroatoms. The minimum absolute atomic E-state index is 0.117. The topological polar surface area (TPSA) is 76.9 Å². The Hall–Kier alpha value is -2.63. The van der Waals surface area contributed by atoms with Crippen molar-refractivity contribution in [3.8, 4) is 0 Å². The van der Waals surface area contributed by atoms with E-state index in [1.807, 2.05) is 0 Å². The maximum atomic E-state index is 12.1. The molecule has 0 unspecified atom stereocenters. The number of allylic oxidation sites excluding steroid dienone is 1. The molecule has 0 fully saturated rings. The number of hydrogen-bond acceptors (Lipinski definition) is 3. The van der Waals surface area contributed by atoms with Gasteiger partial charge in [-0.2, -0.15) is 0 Å². The van der Waals surface area contributed by atoms with E-state index >= 15 is 0 Å². The summed E-state index contributed by atoms with van der Waals surface area (Å²) in [4.78, 5) is 36.7. The summed E-state index contributed by atoms with van der Waals surface area (Å²) in [6.45, 7) is 4.11. The number of nitrogens with zero attached hydrogens (tertiary/aromatic N) is 2. The summed E-state index contributed by atoms with van der Waals surface area (Å²) in [6.07, 6.45) is 4.64. The number of hydrogen-bond donors (Lipinski definition) is 1. The van der Waals surface area contributed by atoms with Crippen molar-refractivity contribution in [1.29, 1.82) is 0 Å². The molecule has 0 aliphatic rings. The van der Waals surface area contributed by atoms with E-state index in [2.05, 4.69) is 11.6 Å². The largest absolute Gasteiger partial charge is 0.328 e. The zero-order valence-corrected chi connectivity index (χ0v) is 10.2. The number of rotatable bonds is 4. The zero-order valence-electron chi connectivity index (χ0n) is 10.2. The van der Waals surface area contributed by atoms with E-state index in [9.17, 15) is 14.4 Å². The molecule has 98 valence electrons. The molecule has 1 N–H and O–H groups in total. The minimum atomic E-state index is -0.536. The zero-order chi connectivity index (χ0) is 13.8. The van der Waals surface area contributed by atoms with Gasteiger partial charge in [0.05, 0.1) is 6.54 Å². The fourth-order valence-corrected chi connectivity index (χ4v) is 1.74. The molecule has 0 aliphatic heterocycles. The molecule has 0 saturated heterocycles. The Bertz CT molecular complexity index is 767. The summed E-state index contributed by atoms with van der Waals surface area (Å²) in [5.74, 6) is 0. The van der Waals surface area contributed by atoms with Gasteiger partial charge in [-0.15, -0.1) is 6.58 Å². The molecule has 0 saturated carbocycles. The van der Waals surface area contributed by atoms with E-state index < -0.39 is 11.2 Å².